The van der Waals surface area contributed by atoms with E-state index in [4.69, 9.17) is 21.6 Å². The summed E-state index contributed by atoms with van der Waals surface area (Å²) in [5.41, 5.74) is -0.0245. The lowest BCUT2D eigenvalue weighted by atomic mass is 10.1. The topological polar surface area (TPSA) is 122 Å². The maximum absolute atomic E-state index is 12.3. The quantitative estimate of drug-likeness (QED) is 0.497. The molecule has 2 aromatic rings. The summed E-state index contributed by atoms with van der Waals surface area (Å²) in [5, 5.41) is 21.6. The Kier molecular flexibility index (Phi) is 5.66. The normalized spacial score (nSPS) is 9.76. The van der Waals surface area contributed by atoms with Crippen molar-refractivity contribution in [2.24, 2.45) is 0 Å². The van der Waals surface area contributed by atoms with Crippen molar-refractivity contribution < 1.29 is 19.2 Å². The van der Waals surface area contributed by atoms with Gasteiger partial charge in [0.25, 0.3) is 11.6 Å². The van der Waals surface area contributed by atoms with Gasteiger partial charge in [-0.25, -0.2) is 4.79 Å². The van der Waals surface area contributed by atoms with Crippen LogP contribution in [-0.4, -0.2) is 23.4 Å². The van der Waals surface area contributed by atoms with Gasteiger partial charge in [-0.3, -0.25) is 14.9 Å². The number of hydrogen-bond acceptors (Lipinski definition) is 6. The first-order valence-electron chi connectivity index (χ1n) is 6.82. The second-order valence-electron chi connectivity index (χ2n) is 4.66. The summed E-state index contributed by atoms with van der Waals surface area (Å²) >= 11 is 5.91. The molecule has 0 fully saturated rings. The number of nitrogens with zero attached hydrogens (tertiary/aromatic N) is 2. The molecule has 1 amide bonds. The number of nitrogens with one attached hydrogen (secondary N) is 1. The number of hydrogen-bond donors (Lipinski definition) is 1. The molecule has 0 aromatic heterocycles. The zero-order chi connectivity index (χ0) is 18.4. The number of nitro benzene ring substituents is 1. The van der Waals surface area contributed by atoms with Crippen molar-refractivity contribution in [3.63, 3.8) is 0 Å². The van der Waals surface area contributed by atoms with E-state index in [-0.39, 0.29) is 27.5 Å². The first-order chi connectivity index (χ1) is 11.9. The molecule has 0 saturated heterocycles. The minimum Gasteiger partial charge on any atom is -0.447 e. The fourth-order valence-electron chi connectivity index (χ4n) is 1.94. The average molecular weight is 360 g/mol. The van der Waals surface area contributed by atoms with Crippen molar-refractivity contribution in [3.05, 3.63) is 68.7 Å². The Morgan fingerprint density at radius 3 is 2.60 bits per heavy atom. The van der Waals surface area contributed by atoms with Crippen LogP contribution in [0.4, 0.5) is 11.4 Å². The third-order valence-electron chi connectivity index (χ3n) is 3.07. The van der Waals surface area contributed by atoms with E-state index in [1.165, 1.54) is 18.2 Å². The van der Waals surface area contributed by atoms with E-state index in [2.05, 4.69) is 5.32 Å². The smallest absolute Gasteiger partial charge is 0.341 e. The van der Waals surface area contributed by atoms with Crippen LogP contribution in [0.1, 0.15) is 20.7 Å². The van der Waals surface area contributed by atoms with Crippen molar-refractivity contribution in [1.29, 1.82) is 5.26 Å². The molecule has 2 aromatic carbocycles. The summed E-state index contributed by atoms with van der Waals surface area (Å²) in [6, 6.07) is 11.1. The third kappa shape index (κ3) is 4.31. The standard InChI is InChI=1S/C16H10ClN3O5/c17-13-9-10(20(23)24)5-6-11(13)15(21)19-14-4-2-1-3-12(14)16(22)25-8-7-18/h1-6,9H,8H2,(H,19,21). The van der Waals surface area contributed by atoms with Crippen molar-refractivity contribution >= 4 is 34.9 Å². The summed E-state index contributed by atoms with van der Waals surface area (Å²) < 4.78 is 4.72. The number of carbonyl (C=O) groups is 2. The molecule has 0 atom stereocenters. The van der Waals surface area contributed by atoms with Crippen LogP contribution in [0.3, 0.4) is 0 Å². The molecule has 2 rings (SSSR count). The number of nitro groups is 1. The lowest BCUT2D eigenvalue weighted by molar-refractivity contribution is -0.384. The zero-order valence-corrected chi connectivity index (χ0v) is 13.3. The van der Waals surface area contributed by atoms with Gasteiger partial charge < -0.3 is 10.1 Å². The fraction of sp³-hybridized carbons (Fsp3) is 0.0625. The van der Waals surface area contributed by atoms with E-state index in [1.54, 1.807) is 18.2 Å². The molecule has 0 bridgehead atoms. The first kappa shape index (κ1) is 17.9. The summed E-state index contributed by atoms with van der Waals surface area (Å²) in [4.78, 5) is 34.3. The van der Waals surface area contributed by atoms with Gasteiger partial charge in [0.05, 0.1) is 26.8 Å². The lowest BCUT2D eigenvalue weighted by Crippen LogP contribution is -2.16. The monoisotopic (exact) mass is 359 g/mol. The molecule has 0 spiro atoms. The van der Waals surface area contributed by atoms with Crippen LogP contribution in [0.2, 0.25) is 5.02 Å². The van der Waals surface area contributed by atoms with Gasteiger partial charge in [-0.1, -0.05) is 23.7 Å². The Morgan fingerprint density at radius 2 is 1.96 bits per heavy atom. The summed E-state index contributed by atoms with van der Waals surface area (Å²) in [5.74, 6) is -1.42. The van der Waals surface area contributed by atoms with Gasteiger partial charge in [0, 0.05) is 12.1 Å². The van der Waals surface area contributed by atoms with Crippen LogP contribution >= 0.6 is 11.6 Å². The molecule has 0 aliphatic heterocycles. The average Bonchev–Trinajstić information content (AvgIpc) is 2.59. The Labute approximate surface area is 146 Å². The second kappa shape index (κ2) is 7.90. The molecule has 0 unspecified atom stereocenters. The van der Waals surface area contributed by atoms with Crippen molar-refractivity contribution in [3.8, 4) is 6.07 Å². The fourth-order valence-corrected chi connectivity index (χ4v) is 2.20. The number of para-hydroxylation sites is 1. The Bertz CT molecular complexity index is 892. The molecular weight excluding hydrogens is 350 g/mol. The van der Waals surface area contributed by atoms with Crippen LogP contribution in [0.5, 0.6) is 0 Å². The number of amides is 1. The number of nitriles is 1. The number of esters is 1. The molecule has 0 heterocycles. The molecule has 1 N–H and O–H groups in total. The molecule has 126 valence electrons. The van der Waals surface area contributed by atoms with Gasteiger partial charge in [-0.2, -0.15) is 5.26 Å². The lowest BCUT2D eigenvalue weighted by Gasteiger charge is -2.10. The minimum absolute atomic E-state index is 0.00691. The van der Waals surface area contributed by atoms with E-state index in [0.29, 0.717) is 0 Å². The third-order valence-corrected chi connectivity index (χ3v) is 3.38. The van der Waals surface area contributed by atoms with Gasteiger partial charge in [0.15, 0.2) is 6.61 Å². The van der Waals surface area contributed by atoms with Crippen LogP contribution < -0.4 is 5.32 Å². The van der Waals surface area contributed by atoms with Crippen LogP contribution in [-0.2, 0) is 4.74 Å². The number of halogens is 1. The highest BCUT2D eigenvalue weighted by Gasteiger charge is 2.18. The summed E-state index contributed by atoms with van der Waals surface area (Å²) in [7, 11) is 0. The number of ether oxygens (including phenoxy) is 1. The second-order valence-corrected chi connectivity index (χ2v) is 5.06. The van der Waals surface area contributed by atoms with Crippen LogP contribution in [0.25, 0.3) is 0 Å². The SMILES string of the molecule is N#CCOC(=O)c1ccccc1NC(=O)c1ccc([N+](=O)[O-])cc1Cl. The molecule has 0 saturated carbocycles. The number of carbonyl (C=O) groups excluding carboxylic acids is 2. The Hall–Kier alpha value is -3.44. The molecule has 0 aliphatic rings. The molecule has 25 heavy (non-hydrogen) atoms. The van der Waals surface area contributed by atoms with E-state index in [0.717, 1.165) is 12.1 Å². The summed E-state index contributed by atoms with van der Waals surface area (Å²) in [6.07, 6.45) is 0. The minimum atomic E-state index is -0.771. The predicted octanol–water partition coefficient (Wildman–Crippen LogP) is 3.18. The largest absolute Gasteiger partial charge is 0.447 e. The van der Waals surface area contributed by atoms with Gasteiger partial charge in [-0.05, 0) is 18.2 Å². The molecule has 8 nitrogen and oxygen atoms in total. The van der Waals surface area contributed by atoms with Gasteiger partial charge >= 0.3 is 5.97 Å². The van der Waals surface area contributed by atoms with Crippen LogP contribution in [0, 0.1) is 21.4 Å². The molecular formula is C16H10ClN3O5. The number of benzene rings is 2. The maximum atomic E-state index is 12.3. The molecule has 0 radical (unpaired) electrons. The number of rotatable bonds is 5. The van der Waals surface area contributed by atoms with Crippen molar-refractivity contribution in [2.45, 2.75) is 0 Å². The van der Waals surface area contributed by atoms with Gasteiger partial charge in [-0.15, -0.1) is 0 Å². The van der Waals surface area contributed by atoms with E-state index in [1.807, 2.05) is 0 Å². The number of anilines is 1. The molecule has 0 aliphatic carbocycles. The van der Waals surface area contributed by atoms with Crippen LogP contribution in [0.15, 0.2) is 42.5 Å². The Morgan fingerprint density at radius 1 is 1.24 bits per heavy atom. The highest BCUT2D eigenvalue weighted by Crippen LogP contribution is 2.24. The van der Waals surface area contributed by atoms with E-state index < -0.39 is 23.4 Å². The predicted molar refractivity (Wildman–Crippen MR) is 88.4 cm³/mol. The number of non-ortho nitro benzene ring substituents is 1. The maximum Gasteiger partial charge on any atom is 0.341 e. The Balaban J connectivity index is 2.26. The molecule has 9 heteroatoms. The summed E-state index contributed by atoms with van der Waals surface area (Å²) in [6.45, 7) is -0.421. The van der Waals surface area contributed by atoms with E-state index in [9.17, 15) is 19.7 Å². The van der Waals surface area contributed by atoms with E-state index >= 15 is 0 Å². The van der Waals surface area contributed by atoms with Gasteiger partial charge in [0.1, 0.15) is 6.07 Å². The highest BCUT2D eigenvalue weighted by molar-refractivity contribution is 6.34. The highest BCUT2D eigenvalue weighted by atomic mass is 35.5. The first-order valence-corrected chi connectivity index (χ1v) is 7.20. The van der Waals surface area contributed by atoms with Crippen molar-refractivity contribution in [1.82, 2.24) is 0 Å². The zero-order valence-electron chi connectivity index (χ0n) is 12.6. The van der Waals surface area contributed by atoms with Gasteiger partial charge in [0.2, 0.25) is 0 Å². The van der Waals surface area contributed by atoms with Crippen molar-refractivity contribution in [2.75, 3.05) is 11.9 Å².